The van der Waals surface area contributed by atoms with E-state index in [-0.39, 0.29) is 48.1 Å². The molecule has 2 amide bonds. The lowest BCUT2D eigenvalue weighted by atomic mass is 9.49. The standard InChI is InChI=1S/C33H46N2O6/c1-20-33(30(38)39-5)17-24(12-28(36)34-19-32-14-21-9-22(15-32)11-23(10-21)16-32)29(37)35(18-25-7-6-8-40-25)26(33)13-27(41-20)31(2,3)4/h6-8,13,20-24,27H,9-12,14-19H2,1-5H3,(H,34,36)/t20-,21?,22?,23?,24+,27-,32?,33+/m1/s1. The number of piperidine rings is 1. The Morgan fingerprint density at radius 3 is 2.32 bits per heavy atom. The van der Waals surface area contributed by atoms with E-state index in [1.54, 1.807) is 17.2 Å². The van der Waals surface area contributed by atoms with Crippen LogP contribution in [0.5, 0.6) is 0 Å². The molecule has 1 aromatic heterocycles. The number of nitrogens with one attached hydrogen (secondary N) is 1. The molecule has 6 aliphatic rings. The van der Waals surface area contributed by atoms with Gasteiger partial charge in [0, 0.05) is 24.6 Å². The summed E-state index contributed by atoms with van der Waals surface area (Å²) in [7, 11) is 1.37. The quantitative estimate of drug-likeness (QED) is 0.454. The molecule has 2 aliphatic heterocycles. The van der Waals surface area contributed by atoms with Crippen molar-refractivity contribution >= 4 is 17.8 Å². The Bertz CT molecular complexity index is 1180. The predicted molar refractivity (Wildman–Crippen MR) is 152 cm³/mol. The fraction of sp³-hybridized carbons (Fsp3) is 0.727. The maximum Gasteiger partial charge on any atom is 0.320 e. The monoisotopic (exact) mass is 566 g/mol. The van der Waals surface area contributed by atoms with Crippen LogP contribution in [0.2, 0.25) is 0 Å². The number of carbonyl (C=O) groups is 3. The van der Waals surface area contributed by atoms with Gasteiger partial charge in [-0.1, -0.05) is 20.8 Å². The van der Waals surface area contributed by atoms with Gasteiger partial charge in [0.2, 0.25) is 11.8 Å². The molecule has 0 unspecified atom stereocenters. The topological polar surface area (TPSA) is 98.1 Å². The molecule has 0 radical (unpaired) electrons. The van der Waals surface area contributed by atoms with Crippen LogP contribution in [0, 0.1) is 39.9 Å². The van der Waals surface area contributed by atoms with E-state index in [4.69, 9.17) is 13.9 Å². The van der Waals surface area contributed by atoms with Crippen molar-refractivity contribution in [2.45, 2.75) is 97.8 Å². The molecular formula is C33H46N2O6. The molecular weight excluding hydrogens is 520 g/mol. The van der Waals surface area contributed by atoms with E-state index >= 15 is 0 Å². The smallest absolute Gasteiger partial charge is 0.320 e. The Balaban J connectivity index is 1.27. The Kier molecular flexibility index (Phi) is 7.15. The maximum absolute atomic E-state index is 14.2. The van der Waals surface area contributed by atoms with Crippen LogP contribution in [0.1, 0.15) is 84.8 Å². The molecule has 0 spiro atoms. The van der Waals surface area contributed by atoms with Crippen LogP contribution < -0.4 is 5.32 Å². The van der Waals surface area contributed by atoms with Crippen molar-refractivity contribution in [1.82, 2.24) is 10.2 Å². The summed E-state index contributed by atoms with van der Waals surface area (Å²) in [6.07, 6.45) is 10.5. The highest BCUT2D eigenvalue weighted by atomic mass is 16.5. The lowest BCUT2D eigenvalue weighted by molar-refractivity contribution is -0.180. The van der Waals surface area contributed by atoms with Crippen LogP contribution >= 0.6 is 0 Å². The number of fused-ring (bicyclic) bond motifs is 1. The fourth-order valence-corrected chi connectivity index (χ4v) is 9.25. The van der Waals surface area contributed by atoms with Crippen molar-refractivity contribution in [2.24, 2.45) is 39.9 Å². The van der Waals surface area contributed by atoms with Gasteiger partial charge in [-0.3, -0.25) is 14.4 Å². The fourth-order valence-electron chi connectivity index (χ4n) is 9.25. The summed E-state index contributed by atoms with van der Waals surface area (Å²) in [6.45, 7) is 8.96. The van der Waals surface area contributed by atoms with E-state index in [0.29, 0.717) is 18.0 Å². The van der Waals surface area contributed by atoms with Gasteiger partial charge in [0.1, 0.15) is 11.2 Å². The summed E-state index contributed by atoms with van der Waals surface area (Å²) >= 11 is 0. The van der Waals surface area contributed by atoms with Gasteiger partial charge >= 0.3 is 5.97 Å². The van der Waals surface area contributed by atoms with Crippen LogP contribution in [0.4, 0.5) is 0 Å². The second kappa shape index (κ2) is 10.3. The molecule has 0 aromatic carbocycles. The van der Waals surface area contributed by atoms with Crippen molar-refractivity contribution in [3.05, 3.63) is 35.9 Å². The Morgan fingerprint density at radius 2 is 1.76 bits per heavy atom. The minimum absolute atomic E-state index is 0.0291. The number of furan rings is 1. The Morgan fingerprint density at radius 1 is 1.10 bits per heavy atom. The van der Waals surface area contributed by atoms with Gasteiger partial charge in [-0.2, -0.15) is 0 Å². The summed E-state index contributed by atoms with van der Waals surface area (Å²) in [5.74, 6) is 1.61. The number of esters is 1. The molecule has 224 valence electrons. The molecule has 8 nitrogen and oxygen atoms in total. The first-order valence-electron chi connectivity index (χ1n) is 15.5. The third kappa shape index (κ3) is 5.04. The van der Waals surface area contributed by atoms with Crippen molar-refractivity contribution in [2.75, 3.05) is 13.7 Å². The van der Waals surface area contributed by atoms with Crippen LogP contribution in [0.15, 0.2) is 34.6 Å². The first kappa shape index (κ1) is 28.5. The number of ether oxygens (including phenoxy) is 2. The zero-order chi connectivity index (χ0) is 29.2. The maximum atomic E-state index is 14.2. The Labute approximate surface area is 243 Å². The van der Waals surface area contributed by atoms with Crippen LogP contribution in [0.3, 0.4) is 0 Å². The van der Waals surface area contributed by atoms with Gasteiger partial charge in [0.15, 0.2) is 0 Å². The largest absolute Gasteiger partial charge is 0.468 e. The molecule has 4 saturated carbocycles. The molecule has 41 heavy (non-hydrogen) atoms. The van der Waals surface area contributed by atoms with Gasteiger partial charge in [-0.15, -0.1) is 0 Å². The molecule has 8 heteroatoms. The van der Waals surface area contributed by atoms with Crippen molar-refractivity contribution in [3.63, 3.8) is 0 Å². The molecule has 4 aliphatic carbocycles. The van der Waals surface area contributed by atoms with Gasteiger partial charge in [-0.05, 0) is 98.7 Å². The summed E-state index contributed by atoms with van der Waals surface area (Å²) in [5, 5.41) is 3.24. The van der Waals surface area contributed by atoms with Crippen molar-refractivity contribution in [1.29, 1.82) is 0 Å². The summed E-state index contributed by atoms with van der Waals surface area (Å²) in [6, 6.07) is 3.60. The third-order valence-corrected chi connectivity index (χ3v) is 10.8. The zero-order valence-corrected chi connectivity index (χ0v) is 25.2. The van der Waals surface area contributed by atoms with Gasteiger partial charge in [0.05, 0.1) is 32.1 Å². The molecule has 4 bridgehead atoms. The lowest BCUT2D eigenvalue weighted by Gasteiger charge is -2.57. The number of methoxy groups -OCH3 is 1. The van der Waals surface area contributed by atoms with E-state index in [1.165, 1.54) is 45.6 Å². The number of amides is 2. The highest BCUT2D eigenvalue weighted by Gasteiger charge is 2.60. The van der Waals surface area contributed by atoms with Gasteiger partial charge in [-0.25, -0.2) is 0 Å². The number of hydrogen-bond donors (Lipinski definition) is 1. The third-order valence-electron chi connectivity index (χ3n) is 10.8. The van der Waals surface area contributed by atoms with Crippen molar-refractivity contribution in [3.8, 4) is 0 Å². The minimum Gasteiger partial charge on any atom is -0.468 e. The first-order valence-corrected chi connectivity index (χ1v) is 15.5. The Hall–Kier alpha value is -2.61. The first-order chi connectivity index (χ1) is 19.4. The number of rotatable bonds is 7. The van der Waals surface area contributed by atoms with E-state index in [1.807, 2.05) is 19.1 Å². The lowest BCUT2D eigenvalue weighted by Crippen LogP contribution is -2.61. The molecule has 7 rings (SSSR count). The molecule has 1 aromatic rings. The van der Waals surface area contributed by atoms with Crippen LogP contribution in [-0.4, -0.2) is 48.5 Å². The normalized spacial score (nSPS) is 37.9. The highest BCUT2D eigenvalue weighted by Crippen LogP contribution is 2.60. The van der Waals surface area contributed by atoms with E-state index in [0.717, 1.165) is 17.8 Å². The predicted octanol–water partition coefficient (Wildman–Crippen LogP) is 5.23. The summed E-state index contributed by atoms with van der Waals surface area (Å²) < 4.78 is 17.5. The van der Waals surface area contributed by atoms with Crippen LogP contribution in [0.25, 0.3) is 0 Å². The molecule has 1 saturated heterocycles. The van der Waals surface area contributed by atoms with Gasteiger partial charge < -0.3 is 24.1 Å². The molecule has 1 N–H and O–H groups in total. The average Bonchev–Trinajstić information content (AvgIpc) is 3.42. The second-order valence-corrected chi connectivity index (χ2v) is 14.9. The van der Waals surface area contributed by atoms with E-state index < -0.39 is 23.4 Å². The molecule has 5 fully saturated rings. The SMILES string of the molecule is COC(=O)[C@]12C[C@H](CC(=O)NCC34CC5CC(CC(C5)C3)C4)C(=O)N(Cc3ccco3)C1=C[C@H](C(C)(C)C)O[C@@H]2C. The number of hydrogen-bond acceptors (Lipinski definition) is 6. The number of nitrogens with zero attached hydrogens (tertiary/aromatic N) is 1. The number of carbonyl (C=O) groups excluding carboxylic acids is 3. The van der Waals surface area contributed by atoms with Gasteiger partial charge in [0.25, 0.3) is 0 Å². The van der Waals surface area contributed by atoms with E-state index in [2.05, 4.69) is 26.1 Å². The average molecular weight is 567 g/mol. The van der Waals surface area contributed by atoms with E-state index in [9.17, 15) is 14.4 Å². The van der Waals surface area contributed by atoms with Crippen molar-refractivity contribution < 1.29 is 28.3 Å². The summed E-state index contributed by atoms with van der Waals surface area (Å²) in [4.78, 5) is 42.9. The summed E-state index contributed by atoms with van der Waals surface area (Å²) in [5.41, 5.74) is -0.656. The van der Waals surface area contributed by atoms with Crippen LogP contribution in [-0.2, 0) is 30.4 Å². The zero-order valence-electron chi connectivity index (χ0n) is 25.2. The second-order valence-electron chi connectivity index (χ2n) is 14.9. The molecule has 3 heterocycles. The minimum atomic E-state index is -1.21. The number of likely N-dealkylation sites (tertiary alicyclic amines) is 1. The molecule has 4 atom stereocenters. The highest BCUT2D eigenvalue weighted by molar-refractivity contribution is 5.92.